The van der Waals surface area contributed by atoms with Gasteiger partial charge in [0.15, 0.2) is 0 Å². The maximum absolute atomic E-state index is 15.8. The summed E-state index contributed by atoms with van der Waals surface area (Å²) >= 11 is 0. The highest BCUT2D eigenvalue weighted by atomic mass is 16.5. The molecule has 2 aliphatic rings. The zero-order valence-electron chi connectivity index (χ0n) is 47.5. The van der Waals surface area contributed by atoms with Crippen LogP contribution in [0.1, 0.15) is 82.0 Å². The van der Waals surface area contributed by atoms with Crippen LogP contribution in [0.5, 0.6) is 46.0 Å². The van der Waals surface area contributed by atoms with Crippen LogP contribution in [0.25, 0.3) is 43.1 Å². The van der Waals surface area contributed by atoms with Gasteiger partial charge in [-0.05, 0) is 124 Å². The monoisotopic (exact) mass is 1140 g/mol. The maximum atomic E-state index is 15.8. The maximum Gasteiger partial charge on any atom is 0.262 e. The van der Waals surface area contributed by atoms with E-state index in [1.54, 1.807) is 96.4 Å². The molecule has 0 radical (unpaired) electrons. The number of hydrogen-bond donors (Lipinski definition) is 0. The molecule has 0 aromatic heterocycles. The molecule has 6 amide bonds. The van der Waals surface area contributed by atoms with Crippen LogP contribution in [0, 0.1) is 0 Å². The number of imide groups is 2. The van der Waals surface area contributed by atoms with Crippen molar-refractivity contribution in [3.05, 3.63) is 229 Å². The number of rotatable bonds is 18. The second-order valence-corrected chi connectivity index (χ2v) is 21.3. The van der Waals surface area contributed by atoms with E-state index in [0.29, 0.717) is 92.6 Å². The molecule has 2 aliphatic heterocycles. The van der Waals surface area contributed by atoms with E-state index in [2.05, 4.69) is 0 Å². The molecule has 424 valence electrons. The van der Waals surface area contributed by atoms with Gasteiger partial charge in [-0.2, -0.15) is 0 Å². The predicted octanol–water partition coefficient (Wildman–Crippen LogP) is 15.8. The van der Waals surface area contributed by atoms with E-state index in [1.165, 1.54) is 0 Å². The lowest BCUT2D eigenvalue weighted by molar-refractivity contribution is -0.122. The minimum Gasteiger partial charge on any atom is -0.457 e. The van der Waals surface area contributed by atoms with E-state index in [4.69, 9.17) is 18.9 Å². The van der Waals surface area contributed by atoms with Gasteiger partial charge in [0.2, 0.25) is 11.8 Å². The first-order valence-electron chi connectivity index (χ1n) is 28.7. The van der Waals surface area contributed by atoms with E-state index in [-0.39, 0.29) is 56.0 Å². The van der Waals surface area contributed by atoms with Crippen molar-refractivity contribution in [1.29, 1.82) is 0 Å². The Labute approximate surface area is 495 Å². The molecular formula is C72H56N4O10. The van der Waals surface area contributed by atoms with Crippen LogP contribution < -0.4 is 28.7 Å². The van der Waals surface area contributed by atoms with Gasteiger partial charge in [0.05, 0.1) is 22.3 Å². The van der Waals surface area contributed by atoms with Gasteiger partial charge in [-0.3, -0.25) is 38.6 Å². The van der Waals surface area contributed by atoms with Crippen LogP contribution in [0.15, 0.2) is 206 Å². The summed E-state index contributed by atoms with van der Waals surface area (Å²) in [5.41, 5.74) is 1.43. The van der Waals surface area contributed by atoms with Gasteiger partial charge in [0.1, 0.15) is 58.1 Å². The van der Waals surface area contributed by atoms with Crippen LogP contribution in [-0.2, 0) is 9.59 Å². The van der Waals surface area contributed by atoms with Gasteiger partial charge in [-0.15, -0.1) is 0 Å². The molecule has 2 unspecified atom stereocenters. The Morgan fingerprint density at radius 3 is 0.814 bits per heavy atom. The Balaban J connectivity index is 1.16. The molecule has 0 aliphatic carbocycles. The number of para-hydroxylation sites is 6. The van der Waals surface area contributed by atoms with Crippen LogP contribution in [-0.4, -0.2) is 70.4 Å². The average Bonchev–Trinajstić information content (AvgIpc) is 0.920. The third kappa shape index (κ3) is 9.22. The van der Waals surface area contributed by atoms with Gasteiger partial charge in [0, 0.05) is 67.6 Å². The zero-order valence-corrected chi connectivity index (χ0v) is 47.5. The standard InChI is InChI=1S/C72H56N4O10/c1-5-37-73(45-25-13-7-14-26-45)67(77)43(3)75-69(79)51-39-55(83-47-29-17-9-18-30-47)61-63-57(85-49-33-21-11-22-34-49)41-53-60-54(72(82)76(71(53)81)44(4)68(78)74(38-6-2)46-27-15-8-16-28-46)42-58(86-50-35-23-12-24-36-50)64(66(60)63)62-56(84-48-31-19-10-20-32-48)40-52(70(75)80)59(51)65(61)62/h7-36,39-44H,5-6,37-38H2,1-4H3. The first-order chi connectivity index (χ1) is 41.9. The zero-order chi connectivity index (χ0) is 59.3. The summed E-state index contributed by atoms with van der Waals surface area (Å²) in [6, 6.07) is 58.0. The molecule has 0 saturated heterocycles. The fraction of sp³-hybridized carbons (Fsp3) is 0.139. The first kappa shape index (κ1) is 54.4. The Morgan fingerprint density at radius 2 is 0.581 bits per heavy atom. The summed E-state index contributed by atoms with van der Waals surface area (Å²) in [5, 5.41) is 2.42. The average molecular weight is 1140 g/mol. The van der Waals surface area contributed by atoms with Crippen LogP contribution in [0.3, 0.4) is 0 Å². The van der Waals surface area contributed by atoms with Crippen LogP contribution in [0.4, 0.5) is 11.4 Å². The fourth-order valence-corrected chi connectivity index (χ4v) is 12.1. The van der Waals surface area contributed by atoms with Crippen molar-refractivity contribution in [1.82, 2.24) is 9.80 Å². The van der Waals surface area contributed by atoms with Crippen LogP contribution in [0.2, 0.25) is 0 Å². The smallest absolute Gasteiger partial charge is 0.262 e. The number of benzene rings is 11. The summed E-state index contributed by atoms with van der Waals surface area (Å²) in [6.45, 7) is 7.65. The minimum absolute atomic E-state index is 0.0515. The van der Waals surface area contributed by atoms with E-state index in [9.17, 15) is 9.59 Å². The first-order valence-corrected chi connectivity index (χ1v) is 28.7. The fourth-order valence-electron chi connectivity index (χ4n) is 12.1. The molecule has 2 atom stereocenters. The molecule has 86 heavy (non-hydrogen) atoms. The Bertz CT molecular complexity index is 3990. The van der Waals surface area contributed by atoms with Crippen molar-refractivity contribution in [3.8, 4) is 46.0 Å². The number of carbonyl (C=O) groups is 6. The summed E-state index contributed by atoms with van der Waals surface area (Å²) < 4.78 is 28.2. The molecule has 11 aromatic carbocycles. The SMILES string of the molecule is CCCN(C(=O)C(C)N1C(=O)c2cc(Oc3ccccc3)c3c4c(Oc5ccccc5)cc5c6c(cc(Oc7ccccc7)c(c7c(Oc8ccccc8)cc(c2c37)C1=O)c64)C(=O)N(C(C)C(=O)N(CCC)c1ccccc1)C5=O)c1ccccc1. The Kier molecular flexibility index (Phi) is 14.2. The van der Waals surface area contributed by atoms with Gasteiger partial charge in [-0.25, -0.2) is 0 Å². The second-order valence-electron chi connectivity index (χ2n) is 21.3. The topological polar surface area (TPSA) is 152 Å². The molecule has 0 bridgehead atoms. The molecule has 0 fully saturated rings. The van der Waals surface area contributed by atoms with E-state index < -0.39 is 47.5 Å². The van der Waals surface area contributed by atoms with Crippen molar-refractivity contribution < 1.29 is 47.7 Å². The molecule has 14 nitrogen and oxygen atoms in total. The summed E-state index contributed by atoms with van der Waals surface area (Å²) in [4.78, 5) is 98.4. The lowest BCUT2D eigenvalue weighted by Crippen LogP contribution is -2.53. The molecule has 11 aromatic rings. The van der Waals surface area contributed by atoms with E-state index in [1.807, 2.05) is 147 Å². The highest BCUT2D eigenvalue weighted by Gasteiger charge is 2.46. The number of fused-ring (bicyclic) bond motifs is 2. The molecule has 13 rings (SSSR count). The number of anilines is 2. The molecule has 0 saturated carbocycles. The highest BCUT2D eigenvalue weighted by Crippen LogP contribution is 2.58. The highest BCUT2D eigenvalue weighted by molar-refractivity contribution is 6.45. The van der Waals surface area contributed by atoms with Gasteiger partial charge in [0.25, 0.3) is 23.6 Å². The summed E-state index contributed by atoms with van der Waals surface area (Å²) in [6.07, 6.45) is 1.19. The van der Waals surface area contributed by atoms with E-state index >= 15 is 19.2 Å². The number of hydrogen-bond acceptors (Lipinski definition) is 10. The number of ether oxygens (including phenoxy) is 4. The molecule has 14 heteroatoms. The van der Waals surface area contributed by atoms with Crippen molar-refractivity contribution >= 4 is 89.9 Å². The lowest BCUT2D eigenvalue weighted by atomic mass is 9.80. The van der Waals surface area contributed by atoms with Crippen LogP contribution >= 0.6 is 0 Å². The molecule has 0 N–H and O–H groups in total. The largest absolute Gasteiger partial charge is 0.457 e. The van der Waals surface area contributed by atoms with Gasteiger partial charge < -0.3 is 28.7 Å². The van der Waals surface area contributed by atoms with E-state index in [0.717, 1.165) is 9.80 Å². The number of amides is 6. The number of nitrogens with zero attached hydrogens (tertiary/aromatic N) is 4. The van der Waals surface area contributed by atoms with Crippen molar-refractivity contribution in [2.75, 3.05) is 22.9 Å². The molecule has 0 spiro atoms. The van der Waals surface area contributed by atoms with Crippen molar-refractivity contribution in [2.45, 2.75) is 52.6 Å². The normalized spacial score (nSPS) is 13.6. The molecule has 2 heterocycles. The van der Waals surface area contributed by atoms with Crippen molar-refractivity contribution in [2.24, 2.45) is 0 Å². The lowest BCUT2D eigenvalue weighted by Gasteiger charge is -2.36. The quantitative estimate of drug-likeness (QED) is 0.0461. The third-order valence-corrected chi connectivity index (χ3v) is 15.9. The van der Waals surface area contributed by atoms with Gasteiger partial charge >= 0.3 is 0 Å². The predicted molar refractivity (Wildman–Crippen MR) is 332 cm³/mol. The molecular weight excluding hydrogens is 1080 g/mol. The Hall–Kier alpha value is -10.9. The summed E-state index contributed by atoms with van der Waals surface area (Å²) in [7, 11) is 0. The summed E-state index contributed by atoms with van der Waals surface area (Å²) in [5.74, 6) is -1.90. The second kappa shape index (κ2) is 22.4. The Morgan fingerprint density at radius 1 is 0.349 bits per heavy atom. The third-order valence-electron chi connectivity index (χ3n) is 15.9. The minimum atomic E-state index is -1.30. The van der Waals surface area contributed by atoms with Crippen molar-refractivity contribution in [3.63, 3.8) is 0 Å². The van der Waals surface area contributed by atoms with Gasteiger partial charge in [-0.1, -0.05) is 123 Å². The number of carbonyl (C=O) groups excluding carboxylic acids is 6.